The molecular weight excluding hydrogens is 498 g/mol. The van der Waals surface area contributed by atoms with E-state index in [0.717, 1.165) is 41.6 Å². The summed E-state index contributed by atoms with van der Waals surface area (Å²) in [7, 11) is -1.98. The van der Waals surface area contributed by atoms with Gasteiger partial charge in [0.2, 0.25) is 10.0 Å². The summed E-state index contributed by atoms with van der Waals surface area (Å²) in [5.74, 6) is 0.299. The number of nitrogens with zero attached hydrogens (tertiary/aromatic N) is 3. The number of rotatable bonds is 9. The largest absolute Gasteiger partial charge is 0.492 e. The van der Waals surface area contributed by atoms with Crippen LogP contribution in [0.5, 0.6) is 5.75 Å². The number of sulfonamides is 1. The first kappa shape index (κ1) is 26.5. The highest BCUT2D eigenvalue weighted by atomic mass is 32.2. The minimum atomic E-state index is -3.61. The Morgan fingerprint density at radius 1 is 1.14 bits per heavy atom. The molecule has 3 aromatic rings. The second kappa shape index (κ2) is 11.7. The van der Waals surface area contributed by atoms with E-state index in [1.165, 1.54) is 23.5 Å². The number of hydrogen-bond donors (Lipinski definition) is 0. The molecule has 2 aromatic carbocycles. The van der Waals surface area contributed by atoms with Crippen molar-refractivity contribution in [3.05, 3.63) is 52.8 Å². The van der Waals surface area contributed by atoms with Gasteiger partial charge >= 0.3 is 0 Å². The monoisotopic (exact) mass is 531 g/mol. The molecule has 2 heterocycles. The van der Waals surface area contributed by atoms with Crippen LogP contribution in [0.15, 0.2) is 52.4 Å². The first-order valence-electron chi connectivity index (χ1n) is 12.4. The molecule has 194 valence electrons. The fourth-order valence-corrected chi connectivity index (χ4v) is 7.44. The Bertz CT molecular complexity index is 1380. The number of fused-ring (bicyclic) bond motifs is 1. The van der Waals surface area contributed by atoms with E-state index in [9.17, 15) is 13.2 Å². The Hall–Kier alpha value is -2.53. The molecular formula is C26H33N3O5S2. The lowest BCUT2D eigenvalue weighted by Crippen LogP contribution is -2.43. The minimum Gasteiger partial charge on any atom is -0.492 e. The van der Waals surface area contributed by atoms with Crippen LogP contribution in [0.1, 0.15) is 49.9 Å². The topological polar surface area (TPSA) is 90.2 Å². The highest BCUT2D eigenvalue weighted by Crippen LogP contribution is 2.29. The van der Waals surface area contributed by atoms with E-state index >= 15 is 0 Å². The predicted octanol–water partition coefficient (Wildman–Crippen LogP) is 4.44. The number of ether oxygens (including phenoxy) is 2. The maximum absolute atomic E-state index is 13.3. The summed E-state index contributed by atoms with van der Waals surface area (Å²) in [6, 6.07) is 11.9. The summed E-state index contributed by atoms with van der Waals surface area (Å²) < 4.78 is 42.1. The number of aromatic nitrogens is 1. The number of piperidine rings is 1. The number of para-hydroxylation sites is 1. The van der Waals surface area contributed by atoms with E-state index in [4.69, 9.17) is 9.47 Å². The van der Waals surface area contributed by atoms with Crippen LogP contribution in [0.2, 0.25) is 0 Å². The molecule has 1 fully saturated rings. The quantitative estimate of drug-likeness (QED) is 0.407. The van der Waals surface area contributed by atoms with Crippen molar-refractivity contribution >= 4 is 37.5 Å². The van der Waals surface area contributed by atoms with Crippen molar-refractivity contribution < 1.29 is 22.7 Å². The summed E-state index contributed by atoms with van der Waals surface area (Å²) in [6.45, 7) is 5.97. The van der Waals surface area contributed by atoms with Gasteiger partial charge in [-0.15, -0.1) is 0 Å². The third-order valence-electron chi connectivity index (χ3n) is 6.43. The van der Waals surface area contributed by atoms with Crippen LogP contribution in [-0.4, -0.2) is 56.1 Å². The van der Waals surface area contributed by atoms with Crippen LogP contribution >= 0.6 is 11.3 Å². The fourth-order valence-electron chi connectivity index (χ4n) is 4.60. The van der Waals surface area contributed by atoms with Crippen LogP contribution in [0.25, 0.3) is 10.2 Å². The van der Waals surface area contributed by atoms with Gasteiger partial charge < -0.3 is 14.0 Å². The van der Waals surface area contributed by atoms with Gasteiger partial charge in [-0.05, 0) is 62.6 Å². The lowest BCUT2D eigenvalue weighted by molar-refractivity contribution is 0.0997. The third kappa shape index (κ3) is 5.41. The number of hydrogen-bond acceptors (Lipinski definition) is 6. The number of carbonyl (C=O) groups excluding carboxylic acids is 1. The fraction of sp³-hybridized carbons (Fsp3) is 0.462. The molecule has 1 aliphatic rings. The first-order valence-corrected chi connectivity index (χ1v) is 14.6. The van der Waals surface area contributed by atoms with Crippen LogP contribution in [0.3, 0.4) is 0 Å². The highest BCUT2D eigenvalue weighted by molar-refractivity contribution is 7.89. The normalized spacial score (nSPS) is 17.5. The molecule has 0 aliphatic carbocycles. The zero-order valence-corrected chi connectivity index (χ0v) is 22.6. The Balaban J connectivity index is 1.66. The summed E-state index contributed by atoms with van der Waals surface area (Å²) >= 11 is 1.40. The zero-order chi connectivity index (χ0) is 25.7. The van der Waals surface area contributed by atoms with Crippen molar-refractivity contribution in [2.45, 2.75) is 57.0 Å². The molecule has 0 radical (unpaired) electrons. The molecule has 0 saturated carbocycles. The highest BCUT2D eigenvalue weighted by Gasteiger charge is 2.32. The van der Waals surface area contributed by atoms with Crippen molar-refractivity contribution in [3.8, 4) is 5.75 Å². The van der Waals surface area contributed by atoms with Gasteiger partial charge in [0, 0.05) is 31.8 Å². The van der Waals surface area contributed by atoms with Gasteiger partial charge in [0.25, 0.3) is 5.91 Å². The maximum Gasteiger partial charge on any atom is 0.279 e. The summed E-state index contributed by atoms with van der Waals surface area (Å²) in [6.07, 6.45) is 3.59. The van der Waals surface area contributed by atoms with Gasteiger partial charge in [0.15, 0.2) is 4.80 Å². The smallest absolute Gasteiger partial charge is 0.279 e. The van der Waals surface area contributed by atoms with Crippen molar-refractivity contribution in [1.29, 1.82) is 0 Å². The van der Waals surface area contributed by atoms with Crippen molar-refractivity contribution in [2.75, 3.05) is 26.9 Å². The van der Waals surface area contributed by atoms with E-state index in [-0.39, 0.29) is 10.9 Å². The van der Waals surface area contributed by atoms with E-state index in [1.807, 2.05) is 36.6 Å². The Kier molecular flexibility index (Phi) is 8.61. The molecule has 10 heteroatoms. The number of amides is 1. The second-order valence-corrected chi connectivity index (χ2v) is 11.6. The molecule has 0 bridgehead atoms. The van der Waals surface area contributed by atoms with Crippen molar-refractivity contribution in [2.24, 2.45) is 4.99 Å². The van der Waals surface area contributed by atoms with Crippen molar-refractivity contribution in [3.63, 3.8) is 0 Å². The molecule has 1 unspecified atom stereocenters. The lowest BCUT2D eigenvalue weighted by Gasteiger charge is -2.34. The molecule has 8 nitrogen and oxygen atoms in total. The molecule has 36 heavy (non-hydrogen) atoms. The maximum atomic E-state index is 13.3. The van der Waals surface area contributed by atoms with Crippen LogP contribution in [0.4, 0.5) is 0 Å². The molecule has 1 aromatic heterocycles. The van der Waals surface area contributed by atoms with E-state index in [2.05, 4.69) is 4.99 Å². The molecule has 1 atom stereocenters. The standard InChI is InChI=1S/C26H33N3O5S2/c1-4-20-9-6-7-16-29(20)36(31,32)21-14-12-19(13-15-21)25(30)27-26-28(17-18-33-3)24-22(34-5-2)10-8-11-23(24)35-26/h8,10-15,20H,4-7,9,16-18H2,1-3H3. The predicted molar refractivity (Wildman–Crippen MR) is 141 cm³/mol. The zero-order valence-electron chi connectivity index (χ0n) is 21.0. The molecule has 0 N–H and O–H groups in total. The van der Waals surface area contributed by atoms with E-state index in [0.29, 0.717) is 36.7 Å². The van der Waals surface area contributed by atoms with Crippen LogP contribution in [0, 0.1) is 0 Å². The van der Waals surface area contributed by atoms with Crippen molar-refractivity contribution in [1.82, 2.24) is 8.87 Å². The third-order valence-corrected chi connectivity index (χ3v) is 9.44. The number of methoxy groups -OCH3 is 1. The van der Waals surface area contributed by atoms with E-state index < -0.39 is 15.9 Å². The molecule has 1 saturated heterocycles. The van der Waals surface area contributed by atoms with Crippen LogP contribution in [-0.2, 0) is 21.3 Å². The number of benzene rings is 2. The Morgan fingerprint density at radius 2 is 1.92 bits per heavy atom. The second-order valence-electron chi connectivity index (χ2n) is 8.68. The van der Waals surface area contributed by atoms with Gasteiger partial charge in [-0.3, -0.25) is 4.79 Å². The molecule has 0 spiro atoms. The Morgan fingerprint density at radius 3 is 2.61 bits per heavy atom. The molecule has 1 amide bonds. The van der Waals surface area contributed by atoms with Gasteiger partial charge in [-0.1, -0.05) is 30.7 Å². The lowest BCUT2D eigenvalue weighted by atomic mass is 10.0. The average Bonchev–Trinajstić information content (AvgIpc) is 3.25. The Labute approximate surface area is 216 Å². The van der Waals surface area contributed by atoms with Crippen LogP contribution < -0.4 is 9.54 Å². The number of carbonyl (C=O) groups is 1. The SMILES string of the molecule is CCOc1cccc2sc(=NC(=O)c3ccc(S(=O)(=O)N4CCCCC4CC)cc3)n(CCOC)c12. The number of thiazole rings is 1. The van der Waals surface area contributed by atoms with Gasteiger partial charge in [0.05, 0.1) is 22.8 Å². The van der Waals surface area contributed by atoms with Gasteiger partial charge in [-0.25, -0.2) is 8.42 Å². The van der Waals surface area contributed by atoms with E-state index in [1.54, 1.807) is 23.5 Å². The minimum absolute atomic E-state index is 0.0251. The van der Waals surface area contributed by atoms with Gasteiger partial charge in [-0.2, -0.15) is 9.30 Å². The molecule has 4 rings (SSSR count). The summed E-state index contributed by atoms with van der Waals surface area (Å²) in [5.41, 5.74) is 1.21. The average molecular weight is 532 g/mol. The van der Waals surface area contributed by atoms with Gasteiger partial charge in [0.1, 0.15) is 11.3 Å². The summed E-state index contributed by atoms with van der Waals surface area (Å²) in [5, 5.41) is 0. The first-order chi connectivity index (χ1) is 17.4. The summed E-state index contributed by atoms with van der Waals surface area (Å²) in [4.78, 5) is 18.2. The molecule has 1 aliphatic heterocycles.